The average molecular weight is 487 g/mol. The van der Waals surface area contributed by atoms with E-state index in [1.54, 1.807) is 0 Å². The van der Waals surface area contributed by atoms with Gasteiger partial charge in [-0.1, -0.05) is 60.1 Å². The van der Waals surface area contributed by atoms with Crippen LogP contribution >= 0.6 is 11.6 Å². The third-order valence-corrected chi connectivity index (χ3v) is 7.28. The number of nitrogens with one attached hydrogen (secondary N) is 1. The number of rotatable bonds is 7. The lowest BCUT2D eigenvalue weighted by Crippen LogP contribution is -2.40. The number of halogens is 1. The van der Waals surface area contributed by atoms with Crippen LogP contribution < -0.4 is 5.32 Å². The Bertz CT molecular complexity index is 1310. The highest BCUT2D eigenvalue weighted by atomic mass is 35.5. The predicted molar refractivity (Wildman–Crippen MR) is 141 cm³/mol. The van der Waals surface area contributed by atoms with Crippen molar-refractivity contribution >= 4 is 28.5 Å². The molecule has 2 heterocycles. The Morgan fingerprint density at radius 2 is 1.69 bits per heavy atom. The molecule has 6 heteroatoms. The first kappa shape index (κ1) is 23.6. The fourth-order valence-corrected chi connectivity index (χ4v) is 5.01. The molecular formula is C29H31ClN4O. The monoisotopic (exact) mass is 486 g/mol. The molecule has 1 aliphatic heterocycles. The number of imidazole rings is 1. The van der Waals surface area contributed by atoms with Gasteiger partial charge in [-0.2, -0.15) is 0 Å². The number of benzene rings is 3. The highest BCUT2D eigenvalue weighted by molar-refractivity contribution is 6.30. The Hall–Kier alpha value is -3.15. The molecule has 1 N–H and O–H groups in total. The molecule has 0 saturated carbocycles. The fraction of sp³-hybridized carbons (Fsp3) is 0.310. The maximum absolute atomic E-state index is 12.8. The van der Waals surface area contributed by atoms with Crippen LogP contribution in [-0.4, -0.2) is 33.4 Å². The van der Waals surface area contributed by atoms with Crippen LogP contribution in [-0.2, 0) is 24.4 Å². The Balaban J connectivity index is 1.22. The first-order valence-electron chi connectivity index (χ1n) is 12.3. The number of amides is 1. The lowest BCUT2D eigenvalue weighted by molar-refractivity contribution is -0.126. The van der Waals surface area contributed by atoms with Crippen molar-refractivity contribution in [2.75, 3.05) is 13.1 Å². The van der Waals surface area contributed by atoms with Gasteiger partial charge in [0.2, 0.25) is 5.91 Å². The van der Waals surface area contributed by atoms with Crippen LogP contribution in [0, 0.1) is 12.8 Å². The zero-order chi connectivity index (χ0) is 24.2. The number of hydrogen-bond acceptors (Lipinski definition) is 3. The number of carbonyl (C=O) groups is 1. The van der Waals surface area contributed by atoms with E-state index < -0.39 is 0 Å². The minimum absolute atomic E-state index is 0.0724. The number of aromatic nitrogens is 2. The van der Waals surface area contributed by atoms with Gasteiger partial charge in [-0.25, -0.2) is 4.98 Å². The number of carbonyl (C=O) groups excluding carboxylic acids is 1. The number of fused-ring (bicyclic) bond motifs is 1. The van der Waals surface area contributed by atoms with Crippen LogP contribution in [0.5, 0.6) is 0 Å². The van der Waals surface area contributed by atoms with E-state index in [2.05, 4.69) is 64.2 Å². The molecule has 0 spiro atoms. The van der Waals surface area contributed by atoms with Crippen molar-refractivity contribution in [2.45, 2.75) is 39.4 Å². The van der Waals surface area contributed by atoms with Gasteiger partial charge in [0.15, 0.2) is 0 Å². The molecule has 0 unspecified atom stereocenters. The predicted octanol–water partition coefficient (Wildman–Crippen LogP) is 5.57. The molecule has 1 amide bonds. The van der Waals surface area contributed by atoms with Crippen LogP contribution in [0.3, 0.4) is 0 Å². The van der Waals surface area contributed by atoms with Gasteiger partial charge in [0.1, 0.15) is 5.82 Å². The van der Waals surface area contributed by atoms with Crippen molar-refractivity contribution in [3.8, 4) is 0 Å². The highest BCUT2D eigenvalue weighted by Crippen LogP contribution is 2.23. The molecule has 0 radical (unpaired) electrons. The summed E-state index contributed by atoms with van der Waals surface area (Å²) >= 11 is 6.09. The molecule has 1 saturated heterocycles. The number of aryl methyl sites for hydroxylation is 1. The Labute approximate surface area is 211 Å². The summed E-state index contributed by atoms with van der Waals surface area (Å²) in [6, 6.07) is 24.5. The molecule has 0 aliphatic carbocycles. The Morgan fingerprint density at radius 1 is 0.971 bits per heavy atom. The van der Waals surface area contributed by atoms with Gasteiger partial charge in [-0.15, -0.1) is 0 Å². The Kier molecular flexibility index (Phi) is 7.16. The first-order chi connectivity index (χ1) is 17.1. The van der Waals surface area contributed by atoms with Gasteiger partial charge >= 0.3 is 0 Å². The summed E-state index contributed by atoms with van der Waals surface area (Å²) in [5.74, 6) is 1.30. The van der Waals surface area contributed by atoms with Crippen LogP contribution in [0.2, 0.25) is 5.02 Å². The maximum atomic E-state index is 12.8. The van der Waals surface area contributed by atoms with Gasteiger partial charge in [0.25, 0.3) is 0 Å². The van der Waals surface area contributed by atoms with E-state index in [4.69, 9.17) is 16.6 Å². The highest BCUT2D eigenvalue weighted by Gasteiger charge is 2.26. The second kappa shape index (κ2) is 10.6. The van der Waals surface area contributed by atoms with Crippen LogP contribution in [0.15, 0.2) is 72.8 Å². The molecule has 5 rings (SSSR count). The third-order valence-electron chi connectivity index (χ3n) is 7.03. The first-order valence-corrected chi connectivity index (χ1v) is 12.7. The molecule has 1 fully saturated rings. The minimum Gasteiger partial charge on any atom is -0.352 e. The van der Waals surface area contributed by atoms with E-state index in [0.717, 1.165) is 60.9 Å². The van der Waals surface area contributed by atoms with E-state index in [9.17, 15) is 4.79 Å². The van der Waals surface area contributed by atoms with Crippen molar-refractivity contribution in [1.82, 2.24) is 19.8 Å². The second-order valence-electron chi connectivity index (χ2n) is 9.42. The molecule has 4 aromatic rings. The van der Waals surface area contributed by atoms with Gasteiger partial charge in [-0.05, 0) is 73.8 Å². The van der Waals surface area contributed by atoms with E-state index in [-0.39, 0.29) is 11.8 Å². The topological polar surface area (TPSA) is 50.2 Å². The molecule has 1 aliphatic rings. The van der Waals surface area contributed by atoms with E-state index >= 15 is 0 Å². The SMILES string of the molecule is Cc1ccccc1CNC(=O)C1CCN(Cc2nc3ccccc3n2Cc2ccc(Cl)cc2)CC1. The van der Waals surface area contributed by atoms with Gasteiger partial charge in [-0.3, -0.25) is 9.69 Å². The number of likely N-dealkylation sites (tertiary alicyclic amines) is 1. The van der Waals surface area contributed by atoms with Crippen molar-refractivity contribution in [3.63, 3.8) is 0 Å². The maximum Gasteiger partial charge on any atom is 0.223 e. The summed E-state index contributed by atoms with van der Waals surface area (Å²) < 4.78 is 2.31. The Morgan fingerprint density at radius 3 is 2.46 bits per heavy atom. The number of para-hydroxylation sites is 2. The minimum atomic E-state index is 0.0724. The van der Waals surface area contributed by atoms with Crippen LogP contribution in [0.25, 0.3) is 11.0 Å². The average Bonchev–Trinajstić information content (AvgIpc) is 3.22. The third kappa shape index (κ3) is 5.58. The molecule has 0 bridgehead atoms. The van der Waals surface area contributed by atoms with Crippen molar-refractivity contribution in [2.24, 2.45) is 5.92 Å². The lowest BCUT2D eigenvalue weighted by Gasteiger charge is -2.31. The zero-order valence-corrected chi connectivity index (χ0v) is 20.8. The summed E-state index contributed by atoms with van der Waals surface area (Å²) in [4.78, 5) is 20.2. The lowest BCUT2D eigenvalue weighted by atomic mass is 9.95. The van der Waals surface area contributed by atoms with Crippen molar-refractivity contribution in [3.05, 3.63) is 100 Å². The number of piperidine rings is 1. The fourth-order valence-electron chi connectivity index (χ4n) is 4.88. The second-order valence-corrected chi connectivity index (χ2v) is 9.86. The zero-order valence-electron chi connectivity index (χ0n) is 20.1. The van der Waals surface area contributed by atoms with Gasteiger partial charge in [0.05, 0.1) is 17.6 Å². The van der Waals surface area contributed by atoms with Crippen molar-refractivity contribution < 1.29 is 4.79 Å². The molecule has 180 valence electrons. The molecule has 5 nitrogen and oxygen atoms in total. The summed E-state index contributed by atoms with van der Waals surface area (Å²) in [6.07, 6.45) is 1.74. The summed E-state index contributed by atoms with van der Waals surface area (Å²) in [5, 5.41) is 3.89. The molecule has 0 atom stereocenters. The number of hydrogen-bond donors (Lipinski definition) is 1. The summed E-state index contributed by atoms with van der Waals surface area (Å²) in [7, 11) is 0. The molecule has 1 aromatic heterocycles. The van der Waals surface area contributed by atoms with E-state index in [1.807, 2.05) is 30.3 Å². The van der Waals surface area contributed by atoms with Crippen molar-refractivity contribution in [1.29, 1.82) is 0 Å². The van der Waals surface area contributed by atoms with Gasteiger partial charge in [0, 0.05) is 24.0 Å². The normalized spacial score (nSPS) is 14.9. The number of nitrogens with zero attached hydrogens (tertiary/aromatic N) is 3. The molecule has 35 heavy (non-hydrogen) atoms. The summed E-state index contributed by atoms with van der Waals surface area (Å²) in [5.41, 5.74) is 5.75. The van der Waals surface area contributed by atoms with Gasteiger partial charge < -0.3 is 9.88 Å². The smallest absolute Gasteiger partial charge is 0.223 e. The summed E-state index contributed by atoms with van der Waals surface area (Å²) in [6.45, 7) is 6.00. The van der Waals surface area contributed by atoms with E-state index in [1.165, 1.54) is 16.7 Å². The molecular weight excluding hydrogens is 456 g/mol. The van der Waals surface area contributed by atoms with Crippen LogP contribution in [0.4, 0.5) is 0 Å². The van der Waals surface area contributed by atoms with E-state index in [0.29, 0.717) is 6.54 Å². The largest absolute Gasteiger partial charge is 0.352 e. The van der Waals surface area contributed by atoms with Crippen LogP contribution in [0.1, 0.15) is 35.4 Å². The molecule has 3 aromatic carbocycles. The quantitative estimate of drug-likeness (QED) is 0.371. The standard InChI is InChI=1S/C29H31ClN4O/c1-21-6-2-3-7-24(21)18-31-29(35)23-14-16-33(17-15-23)20-28-32-26-8-4-5-9-27(26)34(28)19-22-10-12-25(30)13-11-22/h2-13,23H,14-20H2,1H3,(H,31,35).